The molecule has 1 unspecified atom stereocenters. The van der Waals surface area contributed by atoms with Crippen molar-refractivity contribution in [1.82, 2.24) is 9.62 Å². The topological polar surface area (TPSA) is 49.4 Å². The Bertz CT molecular complexity index is 543. The summed E-state index contributed by atoms with van der Waals surface area (Å²) < 4.78 is 27.0. The Morgan fingerprint density at radius 3 is 2.90 bits per heavy atom. The minimum Gasteiger partial charge on any atom is -0.317 e. The molecule has 1 aliphatic rings. The standard InChI is InChI=1S/C15H24N2O2S/c1-3-16-11-14-7-5-9-17(12-14)20(18,19)15-8-4-6-13(2)10-15/h4,6,8,10,14,16H,3,5,7,9,11-12H2,1-2H3. The van der Waals surface area contributed by atoms with Crippen molar-refractivity contribution in [3.8, 4) is 0 Å². The summed E-state index contributed by atoms with van der Waals surface area (Å²) in [7, 11) is -3.34. The van der Waals surface area contributed by atoms with Crippen LogP contribution in [-0.4, -0.2) is 38.9 Å². The smallest absolute Gasteiger partial charge is 0.243 e. The van der Waals surface area contributed by atoms with Gasteiger partial charge in [0.15, 0.2) is 0 Å². The third kappa shape index (κ3) is 3.59. The number of nitrogens with one attached hydrogen (secondary N) is 1. The lowest BCUT2D eigenvalue weighted by Gasteiger charge is -2.32. The lowest BCUT2D eigenvalue weighted by Crippen LogP contribution is -2.42. The fourth-order valence-corrected chi connectivity index (χ4v) is 4.35. The number of hydrogen-bond acceptors (Lipinski definition) is 3. The normalized spacial score (nSPS) is 21.0. The lowest BCUT2D eigenvalue weighted by atomic mass is 10.00. The van der Waals surface area contributed by atoms with Crippen molar-refractivity contribution in [2.75, 3.05) is 26.2 Å². The van der Waals surface area contributed by atoms with E-state index in [-0.39, 0.29) is 0 Å². The van der Waals surface area contributed by atoms with E-state index >= 15 is 0 Å². The molecule has 4 nitrogen and oxygen atoms in total. The Morgan fingerprint density at radius 2 is 2.20 bits per heavy atom. The van der Waals surface area contributed by atoms with Gasteiger partial charge in [-0.2, -0.15) is 4.31 Å². The van der Waals surface area contributed by atoms with E-state index < -0.39 is 10.0 Å². The number of rotatable bonds is 5. The van der Waals surface area contributed by atoms with Crippen LogP contribution in [0.3, 0.4) is 0 Å². The Morgan fingerprint density at radius 1 is 1.40 bits per heavy atom. The Kier molecular flexibility index (Phi) is 5.18. The first-order valence-electron chi connectivity index (χ1n) is 7.31. The van der Waals surface area contributed by atoms with Gasteiger partial charge in [0.1, 0.15) is 0 Å². The first kappa shape index (κ1) is 15.5. The first-order chi connectivity index (χ1) is 9.54. The molecule has 0 aromatic heterocycles. The molecule has 1 aromatic carbocycles. The third-order valence-corrected chi connectivity index (χ3v) is 5.65. The number of benzene rings is 1. The molecule has 5 heteroatoms. The second-order valence-electron chi connectivity index (χ2n) is 5.50. The van der Waals surface area contributed by atoms with Crippen LogP contribution in [0.25, 0.3) is 0 Å². The average molecular weight is 296 g/mol. The molecule has 0 saturated carbocycles. The zero-order valence-corrected chi connectivity index (χ0v) is 13.1. The summed E-state index contributed by atoms with van der Waals surface area (Å²) in [5.41, 5.74) is 0.979. The zero-order valence-electron chi connectivity index (χ0n) is 12.3. The molecule has 0 aliphatic carbocycles. The molecule has 20 heavy (non-hydrogen) atoms. The minimum atomic E-state index is -3.34. The van der Waals surface area contributed by atoms with Gasteiger partial charge in [0.05, 0.1) is 4.90 Å². The van der Waals surface area contributed by atoms with E-state index in [1.54, 1.807) is 16.4 Å². The SMILES string of the molecule is CCNCC1CCCN(S(=O)(=O)c2cccc(C)c2)C1. The fourth-order valence-electron chi connectivity index (χ4n) is 2.69. The maximum absolute atomic E-state index is 12.7. The van der Waals surface area contributed by atoms with Crippen LogP contribution in [0.1, 0.15) is 25.3 Å². The van der Waals surface area contributed by atoms with Crippen molar-refractivity contribution in [1.29, 1.82) is 0 Å². The molecular formula is C15H24N2O2S. The summed E-state index contributed by atoms with van der Waals surface area (Å²) in [5, 5.41) is 3.32. The second-order valence-corrected chi connectivity index (χ2v) is 7.43. The first-order valence-corrected chi connectivity index (χ1v) is 8.75. The van der Waals surface area contributed by atoms with Crippen LogP contribution in [0.5, 0.6) is 0 Å². The highest BCUT2D eigenvalue weighted by atomic mass is 32.2. The highest BCUT2D eigenvalue weighted by Crippen LogP contribution is 2.23. The molecule has 1 aromatic rings. The number of sulfonamides is 1. The van der Waals surface area contributed by atoms with Crippen molar-refractivity contribution < 1.29 is 8.42 Å². The molecule has 0 bridgehead atoms. The Labute approximate surface area is 122 Å². The summed E-state index contributed by atoms with van der Waals surface area (Å²) in [6.07, 6.45) is 2.05. The lowest BCUT2D eigenvalue weighted by molar-refractivity contribution is 0.261. The molecule has 112 valence electrons. The molecule has 0 spiro atoms. The van der Waals surface area contributed by atoms with E-state index in [1.165, 1.54) is 0 Å². The summed E-state index contributed by atoms with van der Waals surface area (Å²) >= 11 is 0. The molecule has 1 heterocycles. The number of aryl methyl sites for hydroxylation is 1. The van der Waals surface area contributed by atoms with E-state index in [1.807, 2.05) is 19.1 Å². The zero-order chi connectivity index (χ0) is 14.6. The monoisotopic (exact) mass is 296 g/mol. The summed E-state index contributed by atoms with van der Waals surface area (Å²) in [6.45, 7) is 7.09. The van der Waals surface area contributed by atoms with Crippen LogP contribution in [0.2, 0.25) is 0 Å². The summed E-state index contributed by atoms with van der Waals surface area (Å²) in [5.74, 6) is 0.420. The molecule has 1 saturated heterocycles. The largest absolute Gasteiger partial charge is 0.317 e. The van der Waals surface area contributed by atoms with Gasteiger partial charge in [-0.15, -0.1) is 0 Å². The van der Waals surface area contributed by atoms with Crippen LogP contribution in [0.4, 0.5) is 0 Å². The molecule has 2 rings (SSSR count). The van der Waals surface area contributed by atoms with E-state index in [2.05, 4.69) is 12.2 Å². The van der Waals surface area contributed by atoms with Crippen LogP contribution < -0.4 is 5.32 Å². The number of piperidine rings is 1. The van der Waals surface area contributed by atoms with Gasteiger partial charge in [0.2, 0.25) is 10.0 Å². The molecule has 1 fully saturated rings. The van der Waals surface area contributed by atoms with Gasteiger partial charge in [-0.25, -0.2) is 8.42 Å². The van der Waals surface area contributed by atoms with Crippen molar-refractivity contribution in [3.05, 3.63) is 29.8 Å². The average Bonchev–Trinajstić information content (AvgIpc) is 2.45. The summed E-state index contributed by atoms with van der Waals surface area (Å²) in [6, 6.07) is 7.17. The highest BCUT2D eigenvalue weighted by Gasteiger charge is 2.29. The second kappa shape index (κ2) is 6.70. The summed E-state index contributed by atoms with van der Waals surface area (Å²) in [4.78, 5) is 0.418. The van der Waals surface area contributed by atoms with Gasteiger partial charge in [-0.1, -0.05) is 19.1 Å². The molecule has 1 atom stereocenters. The van der Waals surface area contributed by atoms with E-state index in [0.29, 0.717) is 23.9 Å². The number of hydrogen-bond donors (Lipinski definition) is 1. The van der Waals surface area contributed by atoms with E-state index in [4.69, 9.17) is 0 Å². The van der Waals surface area contributed by atoms with Crippen LogP contribution in [0, 0.1) is 12.8 Å². The van der Waals surface area contributed by atoms with Crippen molar-refractivity contribution in [3.63, 3.8) is 0 Å². The van der Waals surface area contributed by atoms with Crippen LogP contribution >= 0.6 is 0 Å². The quantitative estimate of drug-likeness (QED) is 0.904. The predicted molar refractivity (Wildman–Crippen MR) is 81.2 cm³/mol. The molecule has 0 amide bonds. The minimum absolute atomic E-state index is 0.418. The Balaban J connectivity index is 2.13. The van der Waals surface area contributed by atoms with Gasteiger partial charge < -0.3 is 5.32 Å². The van der Waals surface area contributed by atoms with E-state index in [0.717, 1.165) is 31.5 Å². The molecular weight excluding hydrogens is 272 g/mol. The third-order valence-electron chi connectivity index (χ3n) is 3.79. The van der Waals surface area contributed by atoms with Gasteiger partial charge in [0.25, 0.3) is 0 Å². The molecule has 1 N–H and O–H groups in total. The van der Waals surface area contributed by atoms with Crippen LogP contribution in [-0.2, 0) is 10.0 Å². The van der Waals surface area contributed by atoms with Crippen molar-refractivity contribution >= 4 is 10.0 Å². The fraction of sp³-hybridized carbons (Fsp3) is 0.600. The highest BCUT2D eigenvalue weighted by molar-refractivity contribution is 7.89. The van der Waals surface area contributed by atoms with Gasteiger partial charge in [0, 0.05) is 13.1 Å². The predicted octanol–water partition coefficient (Wildman–Crippen LogP) is 2.01. The van der Waals surface area contributed by atoms with Crippen LogP contribution in [0.15, 0.2) is 29.2 Å². The maximum atomic E-state index is 12.7. The van der Waals surface area contributed by atoms with Crippen molar-refractivity contribution in [2.45, 2.75) is 31.6 Å². The molecule has 1 aliphatic heterocycles. The van der Waals surface area contributed by atoms with Gasteiger partial charge >= 0.3 is 0 Å². The van der Waals surface area contributed by atoms with E-state index in [9.17, 15) is 8.42 Å². The number of nitrogens with zero attached hydrogens (tertiary/aromatic N) is 1. The van der Waals surface area contributed by atoms with Crippen molar-refractivity contribution in [2.24, 2.45) is 5.92 Å². The van der Waals surface area contributed by atoms with Gasteiger partial charge in [-0.3, -0.25) is 0 Å². The molecule has 0 radical (unpaired) electrons. The Hall–Kier alpha value is -0.910. The maximum Gasteiger partial charge on any atom is 0.243 e. The van der Waals surface area contributed by atoms with Gasteiger partial charge in [-0.05, 0) is 56.5 Å².